The number of aliphatic hydroxyl groups is 1. The zero-order valence-electron chi connectivity index (χ0n) is 11.5. The Bertz CT molecular complexity index is 542. The van der Waals surface area contributed by atoms with E-state index in [1.807, 2.05) is 24.3 Å². The molecule has 112 valence electrons. The molecule has 0 saturated carbocycles. The first kappa shape index (κ1) is 15.7. The molecule has 0 aliphatic carbocycles. The SMILES string of the molecule is CCS(=O)(=O)CCCC(O)C1CSc2ccccc2O1. The van der Waals surface area contributed by atoms with Gasteiger partial charge in [-0.2, -0.15) is 0 Å². The van der Waals surface area contributed by atoms with Gasteiger partial charge >= 0.3 is 0 Å². The van der Waals surface area contributed by atoms with Crippen molar-refractivity contribution in [3.63, 3.8) is 0 Å². The van der Waals surface area contributed by atoms with Crippen LogP contribution in [0.15, 0.2) is 29.2 Å². The van der Waals surface area contributed by atoms with Gasteiger partial charge in [0.25, 0.3) is 0 Å². The van der Waals surface area contributed by atoms with Gasteiger partial charge in [-0.3, -0.25) is 0 Å². The maximum absolute atomic E-state index is 11.4. The van der Waals surface area contributed by atoms with Crippen LogP contribution in [-0.2, 0) is 9.84 Å². The Hall–Kier alpha value is -0.720. The molecule has 2 unspecified atom stereocenters. The lowest BCUT2D eigenvalue weighted by Gasteiger charge is -2.29. The van der Waals surface area contributed by atoms with Crippen molar-refractivity contribution < 1.29 is 18.3 Å². The van der Waals surface area contributed by atoms with Crippen molar-refractivity contribution >= 4 is 21.6 Å². The van der Waals surface area contributed by atoms with E-state index in [1.54, 1.807) is 18.7 Å². The summed E-state index contributed by atoms with van der Waals surface area (Å²) in [6.07, 6.45) is 0.0398. The highest BCUT2D eigenvalue weighted by atomic mass is 32.2. The normalized spacial score (nSPS) is 20.0. The highest BCUT2D eigenvalue weighted by Gasteiger charge is 2.26. The number of ether oxygens (including phenoxy) is 1. The zero-order valence-corrected chi connectivity index (χ0v) is 13.1. The summed E-state index contributed by atoms with van der Waals surface area (Å²) in [5.74, 6) is 1.79. The van der Waals surface area contributed by atoms with E-state index in [-0.39, 0.29) is 17.6 Å². The first-order chi connectivity index (χ1) is 9.52. The van der Waals surface area contributed by atoms with E-state index in [0.29, 0.717) is 18.6 Å². The molecule has 1 aromatic rings. The van der Waals surface area contributed by atoms with E-state index in [1.165, 1.54) is 0 Å². The molecule has 1 N–H and O–H groups in total. The number of hydrogen-bond acceptors (Lipinski definition) is 5. The molecule has 1 aliphatic heterocycles. The lowest BCUT2D eigenvalue weighted by molar-refractivity contribution is 0.0405. The summed E-state index contributed by atoms with van der Waals surface area (Å²) in [5, 5.41) is 10.1. The second-order valence-electron chi connectivity index (χ2n) is 4.86. The molecule has 0 fully saturated rings. The largest absolute Gasteiger partial charge is 0.486 e. The predicted molar refractivity (Wildman–Crippen MR) is 81.2 cm³/mol. The summed E-state index contributed by atoms with van der Waals surface area (Å²) >= 11 is 1.67. The maximum Gasteiger partial charge on any atom is 0.150 e. The fourth-order valence-corrected chi connectivity index (χ4v) is 4.03. The number of thioether (sulfide) groups is 1. The van der Waals surface area contributed by atoms with Crippen molar-refractivity contribution in [3.8, 4) is 5.75 Å². The Morgan fingerprint density at radius 2 is 2.20 bits per heavy atom. The van der Waals surface area contributed by atoms with E-state index in [4.69, 9.17) is 4.74 Å². The average molecular weight is 316 g/mol. The number of rotatable bonds is 6. The molecule has 0 amide bonds. The van der Waals surface area contributed by atoms with Crippen LogP contribution in [0.5, 0.6) is 5.75 Å². The summed E-state index contributed by atoms with van der Waals surface area (Å²) in [6, 6.07) is 7.75. The van der Waals surface area contributed by atoms with Crippen LogP contribution in [0.3, 0.4) is 0 Å². The third kappa shape index (κ3) is 4.14. The Morgan fingerprint density at radius 3 is 2.95 bits per heavy atom. The van der Waals surface area contributed by atoms with Crippen LogP contribution >= 0.6 is 11.8 Å². The van der Waals surface area contributed by atoms with Gasteiger partial charge in [0, 0.05) is 16.4 Å². The van der Waals surface area contributed by atoms with Crippen LogP contribution in [0, 0.1) is 0 Å². The minimum absolute atomic E-state index is 0.136. The molecule has 1 heterocycles. The standard InChI is InChI=1S/C14H20O4S2/c1-2-20(16,17)9-5-6-11(15)13-10-19-14-8-4-3-7-12(14)18-13/h3-4,7-8,11,13,15H,2,5-6,9-10H2,1H3. The molecule has 1 aromatic carbocycles. The monoisotopic (exact) mass is 316 g/mol. The van der Waals surface area contributed by atoms with Gasteiger partial charge in [-0.25, -0.2) is 8.42 Å². The molecule has 0 aromatic heterocycles. The second-order valence-corrected chi connectivity index (χ2v) is 8.39. The molecule has 0 spiro atoms. The fourth-order valence-electron chi connectivity index (χ4n) is 2.07. The average Bonchev–Trinajstić information content (AvgIpc) is 2.46. The quantitative estimate of drug-likeness (QED) is 0.871. The van der Waals surface area contributed by atoms with Gasteiger partial charge < -0.3 is 9.84 Å². The molecule has 0 bridgehead atoms. The Morgan fingerprint density at radius 1 is 1.45 bits per heavy atom. The Labute approximate surface area is 124 Å². The molecule has 2 rings (SSSR count). The van der Waals surface area contributed by atoms with Crippen molar-refractivity contribution in [1.82, 2.24) is 0 Å². The minimum atomic E-state index is -2.95. The van der Waals surface area contributed by atoms with E-state index in [0.717, 1.165) is 10.6 Å². The van der Waals surface area contributed by atoms with Crippen molar-refractivity contribution in [2.45, 2.75) is 36.9 Å². The minimum Gasteiger partial charge on any atom is -0.486 e. The number of para-hydroxylation sites is 1. The summed E-state index contributed by atoms with van der Waals surface area (Å²) in [7, 11) is -2.95. The lowest BCUT2D eigenvalue weighted by Crippen LogP contribution is -2.36. The number of aliphatic hydroxyl groups excluding tert-OH is 1. The van der Waals surface area contributed by atoms with E-state index in [9.17, 15) is 13.5 Å². The molecule has 4 nitrogen and oxygen atoms in total. The summed E-state index contributed by atoms with van der Waals surface area (Å²) < 4.78 is 28.6. The predicted octanol–water partition coefficient (Wildman–Crippen LogP) is 2.12. The van der Waals surface area contributed by atoms with Gasteiger partial charge in [-0.1, -0.05) is 19.1 Å². The summed E-state index contributed by atoms with van der Waals surface area (Å²) in [6.45, 7) is 1.64. The topological polar surface area (TPSA) is 63.6 Å². The zero-order chi connectivity index (χ0) is 14.6. The molecule has 1 aliphatic rings. The van der Waals surface area contributed by atoms with E-state index >= 15 is 0 Å². The van der Waals surface area contributed by atoms with Gasteiger partial charge in [0.2, 0.25) is 0 Å². The molecular formula is C14H20O4S2. The molecule has 2 atom stereocenters. The van der Waals surface area contributed by atoms with Crippen LogP contribution < -0.4 is 4.74 Å². The Balaban J connectivity index is 1.84. The summed E-state index contributed by atoms with van der Waals surface area (Å²) in [5.41, 5.74) is 0. The number of fused-ring (bicyclic) bond motifs is 1. The van der Waals surface area contributed by atoms with Gasteiger partial charge in [0.1, 0.15) is 21.7 Å². The van der Waals surface area contributed by atoms with Crippen LogP contribution in [0.1, 0.15) is 19.8 Å². The van der Waals surface area contributed by atoms with Gasteiger partial charge in [0.05, 0.1) is 11.9 Å². The third-order valence-electron chi connectivity index (χ3n) is 3.35. The molecular weight excluding hydrogens is 296 g/mol. The van der Waals surface area contributed by atoms with Crippen molar-refractivity contribution in [2.24, 2.45) is 0 Å². The van der Waals surface area contributed by atoms with Gasteiger partial charge in [0.15, 0.2) is 0 Å². The van der Waals surface area contributed by atoms with Crippen molar-refractivity contribution in [1.29, 1.82) is 0 Å². The third-order valence-corrected chi connectivity index (χ3v) is 6.29. The van der Waals surface area contributed by atoms with Crippen molar-refractivity contribution in [3.05, 3.63) is 24.3 Å². The molecule has 20 heavy (non-hydrogen) atoms. The smallest absolute Gasteiger partial charge is 0.150 e. The number of hydrogen-bond donors (Lipinski definition) is 1. The molecule has 6 heteroatoms. The van der Waals surface area contributed by atoms with Crippen LogP contribution in [0.4, 0.5) is 0 Å². The second kappa shape index (κ2) is 6.83. The number of benzene rings is 1. The first-order valence-corrected chi connectivity index (χ1v) is 9.59. The highest BCUT2D eigenvalue weighted by molar-refractivity contribution is 7.99. The highest BCUT2D eigenvalue weighted by Crippen LogP contribution is 2.36. The lowest BCUT2D eigenvalue weighted by atomic mass is 10.1. The van der Waals surface area contributed by atoms with E-state index in [2.05, 4.69) is 0 Å². The van der Waals surface area contributed by atoms with Crippen molar-refractivity contribution in [2.75, 3.05) is 17.3 Å². The molecule has 0 radical (unpaired) electrons. The van der Waals surface area contributed by atoms with Gasteiger partial charge in [-0.15, -0.1) is 11.8 Å². The maximum atomic E-state index is 11.4. The fraction of sp³-hybridized carbons (Fsp3) is 0.571. The van der Waals surface area contributed by atoms with E-state index < -0.39 is 15.9 Å². The van der Waals surface area contributed by atoms with Crippen LogP contribution in [0.2, 0.25) is 0 Å². The summed E-state index contributed by atoms with van der Waals surface area (Å²) in [4.78, 5) is 1.09. The number of sulfone groups is 1. The first-order valence-electron chi connectivity index (χ1n) is 6.79. The Kier molecular flexibility index (Phi) is 5.35. The molecule has 0 saturated heterocycles. The van der Waals surface area contributed by atoms with Crippen LogP contribution in [-0.4, -0.2) is 43.0 Å². The van der Waals surface area contributed by atoms with Gasteiger partial charge in [-0.05, 0) is 25.0 Å². The van der Waals surface area contributed by atoms with Crippen LogP contribution in [0.25, 0.3) is 0 Å².